The lowest BCUT2D eigenvalue weighted by atomic mass is 9.73. The number of ether oxygens (including phenoxy) is 1. The van der Waals surface area contributed by atoms with Crippen molar-refractivity contribution in [3.8, 4) is 23.2 Å². The number of benzene rings is 2. The fourth-order valence-electron chi connectivity index (χ4n) is 6.60. The second-order valence-electron chi connectivity index (χ2n) is 12.7. The first-order valence-corrected chi connectivity index (χ1v) is 16.6. The highest BCUT2D eigenvalue weighted by atomic mass is 35.5. The van der Waals surface area contributed by atoms with Crippen molar-refractivity contribution in [2.75, 3.05) is 50.1 Å². The third-order valence-electron chi connectivity index (χ3n) is 9.10. The van der Waals surface area contributed by atoms with Gasteiger partial charge >= 0.3 is 6.01 Å². The maximum absolute atomic E-state index is 16.9. The molecule has 0 saturated carbocycles. The second kappa shape index (κ2) is 13.6. The molecule has 3 atom stereocenters. The van der Waals surface area contributed by atoms with Gasteiger partial charge in [-0.2, -0.15) is 15.2 Å². The molecule has 262 valence electrons. The molecule has 1 fully saturated rings. The normalized spacial score (nSPS) is 18.9. The quantitative estimate of drug-likeness (QED) is 0.133. The highest BCUT2D eigenvalue weighted by molar-refractivity contribution is 7.23. The first-order chi connectivity index (χ1) is 23.7. The molecule has 1 aliphatic rings. The highest BCUT2D eigenvalue weighted by Gasteiger charge is 2.44. The zero-order chi connectivity index (χ0) is 36.1. The first kappa shape index (κ1) is 35.2. The van der Waals surface area contributed by atoms with Crippen molar-refractivity contribution in [1.82, 2.24) is 24.8 Å². The van der Waals surface area contributed by atoms with Gasteiger partial charge in [0.2, 0.25) is 6.43 Å². The van der Waals surface area contributed by atoms with Crippen LogP contribution in [0, 0.1) is 40.1 Å². The van der Waals surface area contributed by atoms with E-state index in [9.17, 15) is 18.4 Å². The van der Waals surface area contributed by atoms with Crippen LogP contribution >= 0.6 is 22.9 Å². The Morgan fingerprint density at radius 3 is 2.60 bits per heavy atom. The lowest BCUT2D eigenvalue weighted by Gasteiger charge is -2.44. The number of nitrogens with one attached hydrogen (secondary N) is 1. The predicted octanol–water partition coefficient (Wildman–Crippen LogP) is 7.23. The number of hydrogen-bond acceptors (Lipinski definition) is 11. The van der Waals surface area contributed by atoms with Crippen molar-refractivity contribution in [2.24, 2.45) is 11.3 Å². The van der Waals surface area contributed by atoms with Gasteiger partial charge < -0.3 is 26.4 Å². The van der Waals surface area contributed by atoms with Crippen LogP contribution in [0.1, 0.15) is 37.4 Å². The van der Waals surface area contributed by atoms with Gasteiger partial charge in [-0.25, -0.2) is 26.9 Å². The Labute approximate surface area is 292 Å². The van der Waals surface area contributed by atoms with E-state index in [0.29, 0.717) is 36.2 Å². The molecule has 1 aliphatic heterocycles. The van der Waals surface area contributed by atoms with E-state index >= 15 is 8.78 Å². The maximum Gasteiger partial charge on any atom is 0.319 e. The summed E-state index contributed by atoms with van der Waals surface area (Å²) in [6.07, 6.45) is 0.587. The Kier molecular flexibility index (Phi) is 9.59. The van der Waals surface area contributed by atoms with E-state index in [1.807, 2.05) is 24.9 Å². The van der Waals surface area contributed by atoms with E-state index in [4.69, 9.17) is 27.8 Å². The summed E-state index contributed by atoms with van der Waals surface area (Å²) in [6.45, 7) is 4.25. The lowest BCUT2D eigenvalue weighted by molar-refractivity contribution is -0.0679. The van der Waals surface area contributed by atoms with Gasteiger partial charge in [0.15, 0.2) is 5.82 Å². The summed E-state index contributed by atoms with van der Waals surface area (Å²) in [4.78, 5) is 19.1. The summed E-state index contributed by atoms with van der Waals surface area (Å²) < 4.78 is 81.5. The van der Waals surface area contributed by atoms with Gasteiger partial charge in [-0.1, -0.05) is 25.4 Å². The number of nitrogens with two attached hydrogens (primary N) is 2. The van der Waals surface area contributed by atoms with Crippen molar-refractivity contribution >= 4 is 60.6 Å². The second-order valence-corrected chi connectivity index (χ2v) is 14.1. The number of anilines is 3. The van der Waals surface area contributed by atoms with Crippen molar-refractivity contribution in [3.05, 3.63) is 58.3 Å². The van der Waals surface area contributed by atoms with Crippen LogP contribution in [0.15, 0.2) is 24.5 Å². The van der Waals surface area contributed by atoms with Gasteiger partial charge in [0.25, 0.3) is 0 Å². The van der Waals surface area contributed by atoms with Crippen LogP contribution in [0.25, 0.3) is 32.1 Å². The van der Waals surface area contributed by atoms with Gasteiger partial charge in [-0.15, -0.1) is 11.3 Å². The number of nitrogen functional groups attached to an aromatic ring is 2. The zero-order valence-corrected chi connectivity index (χ0v) is 28.6. The van der Waals surface area contributed by atoms with Crippen LogP contribution in [0.4, 0.5) is 38.6 Å². The molecule has 0 amide bonds. The van der Waals surface area contributed by atoms with Crippen molar-refractivity contribution in [3.63, 3.8) is 0 Å². The molecule has 4 heterocycles. The number of halogens is 6. The third-order valence-corrected chi connectivity index (χ3v) is 10.4. The summed E-state index contributed by atoms with van der Waals surface area (Å²) in [6, 6.07) is 3.38. The SMILES string of the molecule is C[C@H](CNc1nc(OC[C@@]2(C)CN(C)CC[C@H]2C(F)F)nc2c(F)c(-c3c(F)cc(F)c4sc(N)c(C#N)c34)c(Cl)cc12)c1nccnc1N. The number of alkyl halides is 2. The maximum atomic E-state index is 16.9. The van der Waals surface area contributed by atoms with Crippen LogP contribution in [-0.4, -0.2) is 64.6 Å². The molecule has 0 spiro atoms. The van der Waals surface area contributed by atoms with Crippen LogP contribution in [0.5, 0.6) is 6.01 Å². The summed E-state index contributed by atoms with van der Waals surface area (Å²) in [5, 5.41) is 12.4. The van der Waals surface area contributed by atoms with Gasteiger partial charge in [0, 0.05) is 70.7 Å². The number of nitriles is 1. The average molecular weight is 732 g/mol. The number of rotatable bonds is 9. The summed E-state index contributed by atoms with van der Waals surface area (Å²) >= 11 is 7.37. The molecule has 1 saturated heterocycles. The monoisotopic (exact) mass is 731 g/mol. The van der Waals surface area contributed by atoms with E-state index in [-0.39, 0.29) is 79.7 Å². The molecule has 0 unspecified atom stereocenters. The van der Waals surface area contributed by atoms with Crippen molar-refractivity contribution in [1.29, 1.82) is 5.26 Å². The number of thiophene rings is 1. The minimum atomic E-state index is -2.60. The smallest absolute Gasteiger partial charge is 0.319 e. The standard InChI is InChI=1S/C33H31ClF5N9OS/c1-14(25-29(41)44-6-5-43-25)11-45-31-15-8-18(34)22(23-19(35)9-20(36)27-21(23)16(10-40)30(42)50-27)24(37)26(15)46-32(47-31)49-13-33(2)12-48(3)7-4-17(33)28(38)39/h5-6,8-9,14,17,28H,4,7,11-13,42H2,1-3H3,(H2,41,44)(H,45,46,47)/t14-,17+,33-/m1/s1. The number of aromatic nitrogens is 4. The highest BCUT2D eigenvalue weighted by Crippen LogP contribution is 2.47. The fourth-order valence-corrected chi connectivity index (χ4v) is 7.82. The molecule has 0 aliphatic carbocycles. The molecular formula is C33H31ClF5N9OS. The fraction of sp³-hybridized carbons (Fsp3) is 0.364. The molecule has 5 N–H and O–H groups in total. The van der Waals surface area contributed by atoms with Gasteiger partial charge in [0.1, 0.15) is 39.9 Å². The zero-order valence-electron chi connectivity index (χ0n) is 27.0. The largest absolute Gasteiger partial charge is 0.463 e. The number of likely N-dealkylation sites (tertiary alicyclic amines) is 1. The van der Waals surface area contributed by atoms with Gasteiger partial charge in [-0.05, 0) is 26.1 Å². The Balaban J connectivity index is 1.50. The molecule has 50 heavy (non-hydrogen) atoms. The van der Waals surface area contributed by atoms with E-state index in [2.05, 4.69) is 25.3 Å². The Bertz CT molecular complexity index is 2160. The predicted molar refractivity (Wildman–Crippen MR) is 183 cm³/mol. The molecule has 5 aromatic rings. The van der Waals surface area contributed by atoms with Crippen LogP contribution in [-0.2, 0) is 0 Å². The summed E-state index contributed by atoms with van der Waals surface area (Å²) in [5.41, 5.74) is 9.88. The minimum Gasteiger partial charge on any atom is -0.463 e. The number of piperidine rings is 1. The Hall–Kier alpha value is -4.59. The molecule has 0 radical (unpaired) electrons. The lowest BCUT2D eigenvalue weighted by Crippen LogP contribution is -2.51. The van der Waals surface area contributed by atoms with Crippen LogP contribution in [0.2, 0.25) is 5.02 Å². The van der Waals surface area contributed by atoms with Crippen LogP contribution < -0.4 is 21.5 Å². The number of nitrogens with zero attached hydrogens (tertiary/aromatic N) is 6. The van der Waals surface area contributed by atoms with Crippen molar-refractivity contribution in [2.45, 2.75) is 32.6 Å². The van der Waals surface area contributed by atoms with Gasteiger partial charge in [0.05, 0.1) is 27.6 Å². The summed E-state index contributed by atoms with van der Waals surface area (Å²) in [7, 11) is 1.82. The Morgan fingerprint density at radius 1 is 1.16 bits per heavy atom. The first-order valence-electron chi connectivity index (χ1n) is 15.4. The topological polar surface area (TPSA) is 152 Å². The van der Waals surface area contributed by atoms with E-state index in [1.165, 1.54) is 18.5 Å². The Morgan fingerprint density at radius 2 is 1.90 bits per heavy atom. The molecule has 0 bridgehead atoms. The average Bonchev–Trinajstić information content (AvgIpc) is 3.40. The van der Waals surface area contributed by atoms with Gasteiger partial charge in [-0.3, -0.25) is 4.98 Å². The number of hydrogen-bond donors (Lipinski definition) is 3. The molecule has 6 rings (SSSR count). The summed E-state index contributed by atoms with van der Waals surface area (Å²) in [5.74, 6) is -4.31. The molecule has 17 heteroatoms. The molecule has 2 aromatic carbocycles. The molecular weight excluding hydrogens is 701 g/mol. The minimum absolute atomic E-state index is 0.0604. The molecule has 10 nitrogen and oxygen atoms in total. The van der Waals surface area contributed by atoms with E-state index < -0.39 is 46.3 Å². The van der Waals surface area contributed by atoms with E-state index in [0.717, 1.165) is 0 Å². The third kappa shape index (κ3) is 6.29. The van der Waals surface area contributed by atoms with Crippen LogP contribution in [0.3, 0.4) is 0 Å². The molecule has 3 aromatic heterocycles. The van der Waals surface area contributed by atoms with E-state index in [1.54, 1.807) is 6.92 Å². The van der Waals surface area contributed by atoms with Crippen molar-refractivity contribution < 1.29 is 26.7 Å². The number of fused-ring (bicyclic) bond motifs is 2.